The summed E-state index contributed by atoms with van der Waals surface area (Å²) in [6.07, 6.45) is 0. The smallest absolute Gasteiger partial charge is 0.252 e. The average Bonchev–Trinajstić information content (AvgIpc) is 2.77. The third kappa shape index (κ3) is 3.91. The van der Waals surface area contributed by atoms with Crippen LogP contribution in [-0.2, 0) is 7.05 Å². The Morgan fingerprint density at radius 2 is 1.84 bits per heavy atom. The lowest BCUT2D eigenvalue weighted by Gasteiger charge is -2.47. The number of nitrogens with zero attached hydrogens (tertiary/aromatic N) is 5. The van der Waals surface area contributed by atoms with Crippen molar-refractivity contribution in [3.8, 4) is 6.07 Å². The lowest BCUT2D eigenvalue weighted by atomic mass is 10.00. The number of anilines is 1. The summed E-state index contributed by atoms with van der Waals surface area (Å²) in [4.78, 5) is 21.9. The van der Waals surface area contributed by atoms with E-state index in [0.29, 0.717) is 11.2 Å². The van der Waals surface area contributed by atoms with Gasteiger partial charge in [-0.2, -0.15) is 5.26 Å². The van der Waals surface area contributed by atoms with Crippen molar-refractivity contribution in [1.29, 1.82) is 5.26 Å². The number of hydrogen-bond acceptors (Lipinski definition) is 5. The maximum absolute atomic E-state index is 12.6. The molecule has 7 heteroatoms. The predicted molar refractivity (Wildman–Crippen MR) is 125 cm³/mol. The molecule has 1 aliphatic rings. The molecule has 0 saturated carbocycles. The second-order valence-electron chi connectivity index (χ2n) is 8.38. The van der Waals surface area contributed by atoms with Crippen LogP contribution in [0.15, 0.2) is 47.3 Å². The Morgan fingerprint density at radius 1 is 1.13 bits per heavy atom. The molecule has 0 spiro atoms. The second kappa shape index (κ2) is 8.33. The monoisotopic (exact) mass is 435 g/mol. The number of pyridine rings is 2. The third-order valence-electron chi connectivity index (χ3n) is 6.38. The van der Waals surface area contributed by atoms with Gasteiger partial charge in [0.15, 0.2) is 0 Å². The fourth-order valence-corrected chi connectivity index (χ4v) is 4.68. The first kappa shape index (κ1) is 21.4. The van der Waals surface area contributed by atoms with E-state index in [1.165, 1.54) is 5.56 Å². The van der Waals surface area contributed by atoms with Crippen LogP contribution in [0.3, 0.4) is 0 Å². The molecule has 0 aliphatic carbocycles. The molecule has 160 valence electrons. The van der Waals surface area contributed by atoms with Gasteiger partial charge in [0.1, 0.15) is 17.3 Å². The first-order chi connectivity index (χ1) is 14.8. The van der Waals surface area contributed by atoms with Gasteiger partial charge < -0.3 is 9.47 Å². The molecule has 3 heterocycles. The number of hydrogen-bond donors (Lipinski definition) is 0. The van der Waals surface area contributed by atoms with Crippen LogP contribution in [-0.4, -0.2) is 39.6 Å². The van der Waals surface area contributed by atoms with Crippen LogP contribution in [0.25, 0.3) is 11.0 Å². The van der Waals surface area contributed by atoms with Gasteiger partial charge in [0.05, 0.1) is 11.2 Å². The Balaban J connectivity index is 1.69. The predicted octanol–water partition coefficient (Wildman–Crippen LogP) is 4.12. The summed E-state index contributed by atoms with van der Waals surface area (Å²) in [5.41, 5.74) is 3.73. The molecule has 6 nitrogen and oxygen atoms in total. The first-order valence-corrected chi connectivity index (χ1v) is 10.9. The number of aryl methyl sites for hydroxylation is 1. The zero-order valence-corrected chi connectivity index (χ0v) is 19.0. The SMILES string of the molecule is CC(c1ccc(Cl)cc1)N1C[C@H](C)N(c2cc(=O)n(C)c3ccc(C#N)nc23)C[C@H]1C. The zero-order valence-electron chi connectivity index (χ0n) is 18.2. The van der Waals surface area contributed by atoms with Gasteiger partial charge >= 0.3 is 0 Å². The lowest BCUT2D eigenvalue weighted by molar-refractivity contribution is 0.119. The summed E-state index contributed by atoms with van der Waals surface area (Å²) in [7, 11) is 1.74. The van der Waals surface area contributed by atoms with Gasteiger partial charge in [-0.05, 0) is 50.6 Å². The van der Waals surface area contributed by atoms with Crippen molar-refractivity contribution in [3.63, 3.8) is 0 Å². The highest BCUT2D eigenvalue weighted by molar-refractivity contribution is 6.30. The standard InChI is InChI=1S/C24H26ClN5O/c1-15-14-30(16(2)13-29(15)17(3)18-5-7-19(25)8-6-18)22-11-23(31)28(4)21-10-9-20(12-26)27-24(21)22/h5-11,15-17H,13-14H2,1-4H3/t15-,16+,17?/m1/s1. The van der Waals surface area contributed by atoms with E-state index in [1.807, 2.05) is 12.1 Å². The quantitative estimate of drug-likeness (QED) is 0.619. The molecule has 1 aliphatic heterocycles. The molecule has 3 aromatic rings. The molecule has 2 aromatic heterocycles. The number of piperazine rings is 1. The Labute approximate surface area is 187 Å². The molecule has 1 aromatic carbocycles. The topological polar surface area (TPSA) is 65.2 Å². The molecule has 0 bridgehead atoms. The van der Waals surface area contributed by atoms with Crippen LogP contribution < -0.4 is 10.5 Å². The van der Waals surface area contributed by atoms with Gasteiger partial charge in [-0.1, -0.05) is 23.7 Å². The van der Waals surface area contributed by atoms with Crippen LogP contribution >= 0.6 is 11.6 Å². The van der Waals surface area contributed by atoms with Gasteiger partial charge in [0.2, 0.25) is 0 Å². The van der Waals surface area contributed by atoms with Crippen molar-refractivity contribution in [2.24, 2.45) is 7.05 Å². The maximum atomic E-state index is 12.6. The van der Waals surface area contributed by atoms with Crippen LogP contribution in [0.1, 0.15) is 38.1 Å². The minimum atomic E-state index is -0.0779. The molecule has 1 unspecified atom stereocenters. The number of rotatable bonds is 3. The van der Waals surface area contributed by atoms with Crippen molar-refractivity contribution in [1.82, 2.24) is 14.5 Å². The number of nitriles is 1. The normalized spacial score (nSPS) is 20.6. The van der Waals surface area contributed by atoms with Gasteiger partial charge in [0, 0.05) is 49.4 Å². The Morgan fingerprint density at radius 3 is 2.52 bits per heavy atom. The number of fused-ring (bicyclic) bond motifs is 1. The van der Waals surface area contributed by atoms with Crippen LogP contribution in [0.2, 0.25) is 5.02 Å². The largest absolute Gasteiger partial charge is 0.364 e. The number of aromatic nitrogens is 2. The van der Waals surface area contributed by atoms with E-state index >= 15 is 0 Å². The molecule has 0 amide bonds. The average molecular weight is 436 g/mol. The van der Waals surface area contributed by atoms with Crippen LogP contribution in [0.5, 0.6) is 0 Å². The lowest BCUT2D eigenvalue weighted by Crippen LogP contribution is -2.57. The first-order valence-electron chi connectivity index (χ1n) is 10.5. The summed E-state index contributed by atoms with van der Waals surface area (Å²) < 4.78 is 1.58. The van der Waals surface area contributed by atoms with E-state index in [9.17, 15) is 10.1 Å². The second-order valence-corrected chi connectivity index (χ2v) is 8.81. The Kier molecular flexibility index (Phi) is 5.74. The molecule has 31 heavy (non-hydrogen) atoms. The fourth-order valence-electron chi connectivity index (χ4n) is 4.55. The summed E-state index contributed by atoms with van der Waals surface area (Å²) >= 11 is 6.06. The van der Waals surface area contributed by atoms with Gasteiger partial charge in [0.25, 0.3) is 5.56 Å². The summed E-state index contributed by atoms with van der Waals surface area (Å²) in [5.74, 6) is 0. The van der Waals surface area contributed by atoms with Gasteiger partial charge in [-0.15, -0.1) is 0 Å². The summed E-state index contributed by atoms with van der Waals surface area (Å²) in [5, 5.41) is 10.1. The number of halogens is 1. The minimum absolute atomic E-state index is 0.0779. The Bertz CT molecular complexity index is 1210. The van der Waals surface area contributed by atoms with E-state index in [2.05, 4.69) is 53.8 Å². The van der Waals surface area contributed by atoms with E-state index < -0.39 is 0 Å². The molecule has 1 fully saturated rings. The molecule has 4 rings (SSSR count). The third-order valence-corrected chi connectivity index (χ3v) is 6.63. The van der Waals surface area contributed by atoms with Crippen LogP contribution in [0.4, 0.5) is 5.69 Å². The van der Waals surface area contributed by atoms with E-state index in [4.69, 9.17) is 11.6 Å². The molecule has 1 saturated heterocycles. The van der Waals surface area contributed by atoms with E-state index in [0.717, 1.165) is 29.3 Å². The van der Waals surface area contributed by atoms with Gasteiger partial charge in [-0.25, -0.2) is 4.98 Å². The van der Waals surface area contributed by atoms with Crippen molar-refractivity contribution < 1.29 is 0 Å². The summed E-state index contributed by atoms with van der Waals surface area (Å²) in [6.45, 7) is 8.21. The number of benzene rings is 1. The highest BCUT2D eigenvalue weighted by Crippen LogP contribution is 2.32. The minimum Gasteiger partial charge on any atom is -0.364 e. The van der Waals surface area contributed by atoms with E-state index in [-0.39, 0.29) is 23.7 Å². The van der Waals surface area contributed by atoms with Crippen molar-refractivity contribution in [3.05, 3.63) is 69.1 Å². The summed E-state index contributed by atoms with van der Waals surface area (Å²) in [6, 6.07) is 15.9. The molecule has 0 N–H and O–H groups in total. The maximum Gasteiger partial charge on any atom is 0.252 e. The van der Waals surface area contributed by atoms with Crippen molar-refractivity contribution in [2.75, 3.05) is 18.0 Å². The molecular formula is C24H26ClN5O. The molecular weight excluding hydrogens is 410 g/mol. The van der Waals surface area contributed by atoms with E-state index in [1.54, 1.807) is 29.8 Å². The van der Waals surface area contributed by atoms with Gasteiger partial charge in [-0.3, -0.25) is 9.69 Å². The van der Waals surface area contributed by atoms with Crippen LogP contribution in [0, 0.1) is 11.3 Å². The highest BCUT2D eigenvalue weighted by Gasteiger charge is 2.33. The molecule has 0 radical (unpaired) electrons. The zero-order chi connectivity index (χ0) is 22.3. The highest BCUT2D eigenvalue weighted by atomic mass is 35.5. The van der Waals surface area contributed by atoms with Crippen molar-refractivity contribution >= 4 is 28.3 Å². The Hall–Kier alpha value is -2.88. The molecule has 3 atom stereocenters. The van der Waals surface area contributed by atoms with Crippen molar-refractivity contribution in [2.45, 2.75) is 38.9 Å². The fraction of sp³-hybridized carbons (Fsp3) is 0.375.